The second-order valence-electron chi connectivity index (χ2n) is 10.3. The Labute approximate surface area is 209 Å². The highest BCUT2D eigenvalue weighted by Gasteiger charge is 2.34. The van der Waals surface area contributed by atoms with Crippen LogP contribution in [0.4, 0.5) is 5.13 Å². The molecule has 1 atom stereocenters. The third-order valence-corrected chi connectivity index (χ3v) is 9.57. The van der Waals surface area contributed by atoms with E-state index in [-0.39, 0.29) is 32.3 Å². The van der Waals surface area contributed by atoms with Crippen LogP contribution in [0.1, 0.15) is 57.8 Å². The number of amides is 1. The molecule has 1 N–H and O–H groups in total. The lowest BCUT2D eigenvalue weighted by molar-refractivity contribution is -0.114. The van der Waals surface area contributed by atoms with Gasteiger partial charge in [-0.15, -0.1) is 0 Å². The molecule has 1 aliphatic rings. The molecule has 0 aromatic carbocycles. The average Bonchev–Trinajstić information content (AvgIpc) is 3.25. The largest absolute Gasteiger partial charge is 0.330 e. The lowest BCUT2D eigenvalue weighted by Crippen LogP contribution is -2.39. The second kappa shape index (κ2) is 9.14. The number of hydrogen-bond acceptors (Lipinski definition) is 7. The average molecular weight is 521 g/mol. The molecule has 35 heavy (non-hydrogen) atoms. The Balaban J connectivity index is 1.63. The number of pyridine rings is 1. The van der Waals surface area contributed by atoms with Crippen LogP contribution in [-0.2, 0) is 28.4 Å². The zero-order chi connectivity index (χ0) is 25.7. The van der Waals surface area contributed by atoms with Crippen molar-refractivity contribution in [3.8, 4) is 0 Å². The molecule has 1 unspecified atom stereocenters. The van der Waals surface area contributed by atoms with Crippen molar-refractivity contribution in [2.45, 2.75) is 64.1 Å². The molecule has 0 aliphatic carbocycles. The highest BCUT2D eigenvalue weighted by molar-refractivity contribution is 7.91. The van der Waals surface area contributed by atoms with Gasteiger partial charge in [-0.25, -0.2) is 23.2 Å². The minimum atomic E-state index is -3.77. The molecule has 0 radical (unpaired) electrons. The topological polar surface area (TPSA) is 119 Å². The monoisotopic (exact) mass is 520 g/mol. The molecule has 0 saturated carbocycles. The number of anilines is 1. The number of thiazole rings is 1. The van der Waals surface area contributed by atoms with Crippen molar-refractivity contribution in [3.05, 3.63) is 34.0 Å². The maximum atomic E-state index is 13.4. The van der Waals surface area contributed by atoms with Gasteiger partial charge < -0.3 is 5.32 Å². The van der Waals surface area contributed by atoms with Crippen molar-refractivity contribution in [1.82, 2.24) is 23.4 Å². The van der Waals surface area contributed by atoms with E-state index in [0.717, 1.165) is 29.0 Å². The van der Waals surface area contributed by atoms with Crippen LogP contribution in [0, 0.1) is 12.3 Å². The molecule has 1 aliphatic heterocycles. The summed E-state index contributed by atoms with van der Waals surface area (Å²) < 4.78 is 31.8. The second-order valence-corrected chi connectivity index (χ2v) is 13.5. The predicted octanol–water partition coefficient (Wildman–Crippen LogP) is 3.07. The minimum Gasteiger partial charge on any atom is -0.302 e. The van der Waals surface area contributed by atoms with Crippen molar-refractivity contribution in [2.24, 2.45) is 12.5 Å². The van der Waals surface area contributed by atoms with Gasteiger partial charge in [-0.2, -0.15) is 4.31 Å². The predicted molar refractivity (Wildman–Crippen MR) is 136 cm³/mol. The zero-order valence-electron chi connectivity index (χ0n) is 21.0. The molecule has 1 amide bonds. The van der Waals surface area contributed by atoms with Gasteiger partial charge in [0.2, 0.25) is 5.91 Å². The van der Waals surface area contributed by atoms with Crippen LogP contribution >= 0.6 is 11.3 Å². The summed E-state index contributed by atoms with van der Waals surface area (Å²) in [4.78, 5) is 33.2. The van der Waals surface area contributed by atoms with E-state index in [1.54, 1.807) is 23.1 Å². The van der Waals surface area contributed by atoms with E-state index in [1.165, 1.54) is 11.2 Å². The number of imidazole rings is 1. The Hall–Kier alpha value is -2.57. The fourth-order valence-electron chi connectivity index (χ4n) is 4.49. The first-order valence-electron chi connectivity index (χ1n) is 11.6. The number of fused-ring (bicyclic) bond motifs is 1. The number of rotatable bonds is 5. The Morgan fingerprint density at radius 1 is 1.26 bits per heavy atom. The molecule has 3 aromatic rings. The Bertz CT molecular complexity index is 1440. The third-order valence-electron chi connectivity index (χ3n) is 6.05. The number of hydrogen-bond donors (Lipinski definition) is 1. The van der Waals surface area contributed by atoms with Crippen molar-refractivity contribution in [1.29, 1.82) is 0 Å². The normalized spacial score (nSPS) is 17.7. The number of piperidine rings is 1. The Morgan fingerprint density at radius 2 is 1.97 bits per heavy atom. The molecule has 1 saturated heterocycles. The fraction of sp³-hybridized carbons (Fsp3) is 0.565. The summed E-state index contributed by atoms with van der Waals surface area (Å²) >= 11 is 0.969. The van der Waals surface area contributed by atoms with Crippen molar-refractivity contribution < 1.29 is 13.2 Å². The molecule has 12 heteroatoms. The molecular weight excluding hydrogens is 488 g/mol. The van der Waals surface area contributed by atoms with Gasteiger partial charge in [-0.05, 0) is 37.3 Å². The standard InChI is InChI=1S/C23H32N6O4S2/c1-14-20(34-21(24-14)25-15(2)30)35(32,33)28-11-7-8-16(12-28)17-9-10-18-19(26-17)27(6)22(31)29(18)13-23(3,4)5/h9-10,16H,7-8,11-13H2,1-6H3,(H,24,25,30). The summed E-state index contributed by atoms with van der Waals surface area (Å²) in [6.07, 6.45) is 1.50. The van der Waals surface area contributed by atoms with Crippen LogP contribution in [0.5, 0.6) is 0 Å². The number of aryl methyl sites for hydroxylation is 2. The molecule has 0 spiro atoms. The molecule has 190 valence electrons. The van der Waals surface area contributed by atoms with E-state index in [1.807, 2.05) is 12.1 Å². The van der Waals surface area contributed by atoms with Gasteiger partial charge in [0.15, 0.2) is 15.0 Å². The summed E-state index contributed by atoms with van der Waals surface area (Å²) in [5.74, 6) is -0.389. The number of sulfonamides is 1. The first-order valence-corrected chi connectivity index (χ1v) is 13.8. The van der Waals surface area contributed by atoms with Gasteiger partial charge in [0.1, 0.15) is 0 Å². The van der Waals surface area contributed by atoms with E-state index < -0.39 is 10.0 Å². The SMILES string of the molecule is CC(=O)Nc1nc(C)c(S(=O)(=O)N2CCCC(c3ccc4c(n3)n(C)c(=O)n4CC(C)(C)C)C2)s1. The maximum Gasteiger partial charge on any atom is 0.330 e. The van der Waals surface area contributed by atoms with Crippen molar-refractivity contribution in [3.63, 3.8) is 0 Å². The van der Waals surface area contributed by atoms with E-state index in [0.29, 0.717) is 37.4 Å². The lowest BCUT2D eigenvalue weighted by Gasteiger charge is -2.31. The number of carbonyl (C=O) groups is 1. The number of aromatic nitrogens is 4. The molecule has 4 heterocycles. The summed E-state index contributed by atoms with van der Waals surface area (Å²) in [6, 6.07) is 3.83. The lowest BCUT2D eigenvalue weighted by atomic mass is 9.95. The van der Waals surface area contributed by atoms with Crippen LogP contribution in [0.25, 0.3) is 11.2 Å². The van der Waals surface area contributed by atoms with Crippen LogP contribution in [0.15, 0.2) is 21.1 Å². The molecule has 3 aromatic heterocycles. The van der Waals surface area contributed by atoms with E-state index in [2.05, 4.69) is 31.1 Å². The summed E-state index contributed by atoms with van der Waals surface area (Å²) in [6.45, 7) is 10.5. The van der Waals surface area contributed by atoms with Crippen LogP contribution in [0.3, 0.4) is 0 Å². The molecular formula is C23H32N6O4S2. The van der Waals surface area contributed by atoms with Crippen LogP contribution in [0.2, 0.25) is 0 Å². The quantitative estimate of drug-likeness (QED) is 0.552. The Kier molecular flexibility index (Phi) is 6.66. The number of carbonyl (C=O) groups excluding carboxylic acids is 1. The fourth-order valence-corrected chi connectivity index (χ4v) is 7.61. The first kappa shape index (κ1) is 25.5. The van der Waals surface area contributed by atoms with Gasteiger partial charge in [-0.1, -0.05) is 32.1 Å². The highest BCUT2D eigenvalue weighted by Crippen LogP contribution is 2.34. The van der Waals surface area contributed by atoms with E-state index in [4.69, 9.17) is 4.98 Å². The Morgan fingerprint density at radius 3 is 2.63 bits per heavy atom. The van der Waals surface area contributed by atoms with Gasteiger partial charge in [-0.3, -0.25) is 13.9 Å². The minimum absolute atomic E-state index is 0.0659. The molecule has 10 nitrogen and oxygen atoms in total. The highest BCUT2D eigenvalue weighted by atomic mass is 32.2. The third kappa shape index (κ3) is 5.05. The summed E-state index contributed by atoms with van der Waals surface area (Å²) in [5, 5.41) is 2.84. The van der Waals surface area contributed by atoms with Gasteiger partial charge in [0, 0.05) is 45.2 Å². The van der Waals surface area contributed by atoms with Crippen LogP contribution < -0.4 is 11.0 Å². The maximum absolute atomic E-state index is 13.4. The smallest absolute Gasteiger partial charge is 0.302 e. The zero-order valence-corrected chi connectivity index (χ0v) is 22.6. The number of nitrogens with one attached hydrogen (secondary N) is 1. The summed E-state index contributed by atoms with van der Waals surface area (Å²) in [7, 11) is -2.05. The van der Waals surface area contributed by atoms with Crippen molar-refractivity contribution >= 4 is 43.6 Å². The van der Waals surface area contributed by atoms with Crippen molar-refractivity contribution in [2.75, 3.05) is 18.4 Å². The number of nitrogens with zero attached hydrogens (tertiary/aromatic N) is 5. The first-order chi connectivity index (χ1) is 16.3. The molecule has 1 fully saturated rings. The summed E-state index contributed by atoms with van der Waals surface area (Å²) in [5.41, 5.74) is 2.36. The van der Waals surface area contributed by atoms with E-state index >= 15 is 0 Å². The van der Waals surface area contributed by atoms with Gasteiger partial charge in [0.05, 0.1) is 11.2 Å². The molecule has 0 bridgehead atoms. The van der Waals surface area contributed by atoms with Gasteiger partial charge >= 0.3 is 5.69 Å². The van der Waals surface area contributed by atoms with Crippen LogP contribution in [-0.4, -0.2) is 50.8 Å². The van der Waals surface area contributed by atoms with E-state index in [9.17, 15) is 18.0 Å². The van der Waals surface area contributed by atoms with Gasteiger partial charge in [0.25, 0.3) is 10.0 Å². The molecule has 4 rings (SSSR count).